The fourth-order valence-electron chi connectivity index (χ4n) is 2.88. The molecule has 2 rings (SSSR count). The standard InChI is InChI=1S/C20H29N3O5/c1-14-10-15(2)23(22-14)9-5-8-21-12-17(24)13-28-18-7-6-16(20(25)27-4)11-19(18)26-3/h6-7,10-11,17,21,24H,5,8-9,12-13H2,1-4H3/p+1/t17-/m1/s1. The predicted molar refractivity (Wildman–Crippen MR) is 104 cm³/mol. The molecule has 0 saturated heterocycles. The number of nitrogens with two attached hydrogens (primary N) is 1. The molecule has 0 amide bonds. The van der Waals surface area contributed by atoms with E-state index in [4.69, 9.17) is 9.47 Å². The summed E-state index contributed by atoms with van der Waals surface area (Å²) in [6, 6.07) is 6.85. The average molecular weight is 392 g/mol. The maximum Gasteiger partial charge on any atom is 0.337 e. The molecule has 154 valence electrons. The summed E-state index contributed by atoms with van der Waals surface area (Å²) < 4.78 is 17.6. The number of benzene rings is 1. The summed E-state index contributed by atoms with van der Waals surface area (Å²) in [5.41, 5.74) is 2.57. The van der Waals surface area contributed by atoms with Gasteiger partial charge in [0.1, 0.15) is 19.3 Å². The molecule has 1 aromatic carbocycles. The highest BCUT2D eigenvalue weighted by molar-refractivity contribution is 5.90. The summed E-state index contributed by atoms with van der Waals surface area (Å²) in [6.45, 7) is 6.49. The number of rotatable bonds is 11. The van der Waals surface area contributed by atoms with Crippen LogP contribution in [0.25, 0.3) is 0 Å². The summed E-state index contributed by atoms with van der Waals surface area (Å²) in [7, 11) is 2.82. The normalized spacial score (nSPS) is 11.9. The molecule has 0 saturated carbocycles. The van der Waals surface area contributed by atoms with Crippen molar-refractivity contribution in [1.82, 2.24) is 9.78 Å². The molecular weight excluding hydrogens is 362 g/mol. The van der Waals surface area contributed by atoms with Crippen LogP contribution in [0.15, 0.2) is 24.3 Å². The van der Waals surface area contributed by atoms with Gasteiger partial charge in [0, 0.05) is 18.7 Å². The molecule has 0 radical (unpaired) electrons. The Hall–Kier alpha value is -2.58. The van der Waals surface area contributed by atoms with E-state index >= 15 is 0 Å². The van der Waals surface area contributed by atoms with E-state index in [1.165, 1.54) is 14.2 Å². The van der Waals surface area contributed by atoms with Gasteiger partial charge in [-0.1, -0.05) is 0 Å². The van der Waals surface area contributed by atoms with Gasteiger partial charge in [-0.2, -0.15) is 5.10 Å². The van der Waals surface area contributed by atoms with Crippen LogP contribution >= 0.6 is 0 Å². The van der Waals surface area contributed by atoms with Crippen LogP contribution in [0.3, 0.4) is 0 Å². The first-order valence-corrected chi connectivity index (χ1v) is 9.34. The molecule has 0 aliphatic heterocycles. The number of carbonyl (C=O) groups is 1. The molecule has 1 aromatic heterocycles. The van der Waals surface area contributed by atoms with Crippen molar-refractivity contribution in [1.29, 1.82) is 0 Å². The molecule has 0 aliphatic carbocycles. The van der Waals surface area contributed by atoms with Crippen LogP contribution in [0, 0.1) is 13.8 Å². The molecule has 0 aliphatic rings. The molecule has 8 heteroatoms. The van der Waals surface area contributed by atoms with Gasteiger partial charge in [0.05, 0.1) is 32.0 Å². The molecular formula is C20H30N3O5+. The SMILES string of the molecule is COC(=O)c1ccc(OC[C@H](O)C[NH2+]CCCn2nc(C)cc2C)c(OC)c1. The van der Waals surface area contributed by atoms with Crippen LogP contribution in [0.5, 0.6) is 11.5 Å². The first-order chi connectivity index (χ1) is 13.4. The van der Waals surface area contributed by atoms with Crippen molar-refractivity contribution in [3.8, 4) is 11.5 Å². The van der Waals surface area contributed by atoms with Gasteiger partial charge in [-0.15, -0.1) is 0 Å². The van der Waals surface area contributed by atoms with Crippen molar-refractivity contribution in [2.45, 2.75) is 32.9 Å². The third kappa shape index (κ3) is 6.24. The lowest BCUT2D eigenvalue weighted by Gasteiger charge is -2.14. The van der Waals surface area contributed by atoms with Crippen molar-refractivity contribution < 1.29 is 29.4 Å². The second kappa shape index (κ2) is 10.7. The van der Waals surface area contributed by atoms with Gasteiger partial charge in [0.25, 0.3) is 0 Å². The zero-order valence-electron chi connectivity index (χ0n) is 17.0. The summed E-state index contributed by atoms with van der Waals surface area (Å²) in [5, 5.41) is 16.6. The number of hydrogen-bond acceptors (Lipinski definition) is 6. The number of methoxy groups -OCH3 is 2. The van der Waals surface area contributed by atoms with E-state index in [-0.39, 0.29) is 6.61 Å². The zero-order chi connectivity index (χ0) is 20.5. The van der Waals surface area contributed by atoms with E-state index < -0.39 is 12.1 Å². The molecule has 0 fully saturated rings. The van der Waals surface area contributed by atoms with Crippen molar-refractivity contribution in [3.63, 3.8) is 0 Å². The minimum atomic E-state index is -0.612. The predicted octanol–water partition coefficient (Wildman–Crippen LogP) is 0.689. The number of aliphatic hydroxyl groups excluding tert-OH is 1. The van der Waals surface area contributed by atoms with Crippen molar-refractivity contribution >= 4 is 5.97 Å². The Morgan fingerprint density at radius 2 is 2.04 bits per heavy atom. The van der Waals surface area contributed by atoms with Crippen LogP contribution in [0.2, 0.25) is 0 Å². The minimum Gasteiger partial charge on any atom is -0.493 e. The average Bonchev–Trinajstić information content (AvgIpc) is 3.02. The van der Waals surface area contributed by atoms with Gasteiger partial charge >= 0.3 is 5.97 Å². The minimum absolute atomic E-state index is 0.141. The Balaban J connectivity index is 1.71. The highest BCUT2D eigenvalue weighted by atomic mass is 16.5. The highest BCUT2D eigenvalue weighted by Crippen LogP contribution is 2.28. The number of quaternary nitrogens is 1. The van der Waals surface area contributed by atoms with Crippen LogP contribution in [-0.4, -0.2) is 60.9 Å². The maximum absolute atomic E-state index is 11.6. The Morgan fingerprint density at radius 3 is 2.68 bits per heavy atom. The largest absolute Gasteiger partial charge is 0.493 e. The van der Waals surface area contributed by atoms with Crippen LogP contribution in [0.4, 0.5) is 0 Å². The maximum atomic E-state index is 11.6. The van der Waals surface area contributed by atoms with Crippen molar-refractivity contribution in [2.75, 3.05) is 33.9 Å². The topological polar surface area (TPSA) is 99.4 Å². The molecule has 0 spiro atoms. The fourth-order valence-corrected chi connectivity index (χ4v) is 2.88. The Morgan fingerprint density at radius 1 is 1.25 bits per heavy atom. The monoisotopic (exact) mass is 392 g/mol. The summed E-state index contributed by atoms with van der Waals surface area (Å²) in [5.74, 6) is 0.447. The summed E-state index contributed by atoms with van der Waals surface area (Å²) in [4.78, 5) is 11.6. The lowest BCUT2D eigenvalue weighted by molar-refractivity contribution is -0.661. The second-order valence-corrected chi connectivity index (χ2v) is 6.64. The number of ether oxygens (including phenoxy) is 3. The van der Waals surface area contributed by atoms with E-state index in [0.29, 0.717) is 23.6 Å². The van der Waals surface area contributed by atoms with Crippen LogP contribution in [0.1, 0.15) is 28.2 Å². The molecule has 1 heterocycles. The molecule has 2 aromatic rings. The van der Waals surface area contributed by atoms with E-state index in [0.717, 1.165) is 30.9 Å². The lowest BCUT2D eigenvalue weighted by Crippen LogP contribution is -2.86. The smallest absolute Gasteiger partial charge is 0.337 e. The van der Waals surface area contributed by atoms with E-state index in [1.807, 2.05) is 11.6 Å². The molecule has 0 bridgehead atoms. The number of aliphatic hydroxyl groups is 1. The summed E-state index contributed by atoms with van der Waals surface area (Å²) in [6.07, 6.45) is 0.358. The van der Waals surface area contributed by atoms with Crippen LogP contribution < -0.4 is 14.8 Å². The van der Waals surface area contributed by atoms with Crippen LogP contribution in [-0.2, 0) is 11.3 Å². The number of hydrogen-bond donors (Lipinski definition) is 2. The Kier molecular flexibility index (Phi) is 8.28. The quantitative estimate of drug-likeness (QED) is 0.431. The van der Waals surface area contributed by atoms with Gasteiger partial charge < -0.3 is 24.6 Å². The third-order valence-corrected chi connectivity index (χ3v) is 4.34. The van der Waals surface area contributed by atoms with E-state index in [9.17, 15) is 9.90 Å². The second-order valence-electron chi connectivity index (χ2n) is 6.64. The van der Waals surface area contributed by atoms with Crippen molar-refractivity contribution in [3.05, 3.63) is 41.2 Å². The van der Waals surface area contributed by atoms with E-state index in [1.54, 1.807) is 18.2 Å². The number of nitrogens with zero attached hydrogens (tertiary/aromatic N) is 2. The molecule has 1 atom stereocenters. The summed E-state index contributed by atoms with van der Waals surface area (Å²) >= 11 is 0. The van der Waals surface area contributed by atoms with Gasteiger partial charge in [-0.05, 0) is 38.1 Å². The molecule has 8 nitrogen and oxygen atoms in total. The Labute approximate surface area is 165 Å². The van der Waals surface area contributed by atoms with Gasteiger partial charge in [0.2, 0.25) is 0 Å². The van der Waals surface area contributed by atoms with Crippen molar-refractivity contribution in [2.24, 2.45) is 0 Å². The Bertz CT molecular complexity index is 775. The molecule has 3 N–H and O–H groups in total. The lowest BCUT2D eigenvalue weighted by atomic mass is 10.2. The number of carbonyl (C=O) groups excluding carboxylic acids is 1. The number of aromatic nitrogens is 2. The van der Waals surface area contributed by atoms with E-state index in [2.05, 4.69) is 28.1 Å². The molecule has 28 heavy (non-hydrogen) atoms. The third-order valence-electron chi connectivity index (χ3n) is 4.34. The van der Waals surface area contributed by atoms with Gasteiger partial charge in [-0.3, -0.25) is 4.68 Å². The first kappa shape index (κ1) is 21.7. The fraction of sp³-hybridized carbons (Fsp3) is 0.500. The zero-order valence-corrected chi connectivity index (χ0v) is 17.0. The van der Waals surface area contributed by atoms with Gasteiger partial charge in [-0.25, -0.2) is 4.79 Å². The number of esters is 1. The van der Waals surface area contributed by atoms with Gasteiger partial charge in [0.15, 0.2) is 11.5 Å². The first-order valence-electron chi connectivity index (χ1n) is 9.34. The number of aryl methyl sites for hydroxylation is 3. The highest BCUT2D eigenvalue weighted by Gasteiger charge is 2.13. The molecule has 0 unspecified atom stereocenters.